The highest BCUT2D eigenvalue weighted by Gasteiger charge is 2.54. The predicted molar refractivity (Wildman–Crippen MR) is 241 cm³/mol. The molecule has 4 unspecified atom stereocenters. The number of nitrogens with zero attached hydrogens (tertiary/aromatic N) is 2. The number of benzene rings is 5. The van der Waals surface area contributed by atoms with E-state index in [0.29, 0.717) is 11.7 Å². The molecule has 2 aliphatic heterocycles. The Labute approximate surface area is 351 Å². The zero-order valence-electron chi connectivity index (χ0n) is 34.1. The maximum Gasteiger partial charge on any atom is 0.160 e. The molecule has 4 nitrogen and oxygen atoms in total. The average Bonchev–Trinajstić information content (AvgIpc) is 3.75. The van der Waals surface area contributed by atoms with Crippen molar-refractivity contribution in [3.8, 4) is 34.1 Å². The number of rotatable bonds is 4. The van der Waals surface area contributed by atoms with Crippen molar-refractivity contribution in [1.82, 2.24) is 9.97 Å². The van der Waals surface area contributed by atoms with Crippen molar-refractivity contribution in [1.29, 1.82) is 0 Å². The van der Waals surface area contributed by atoms with Crippen LogP contribution in [0, 0.1) is 11.8 Å². The van der Waals surface area contributed by atoms with Gasteiger partial charge in [-0.3, -0.25) is 0 Å². The molecule has 6 aromatic rings. The molecule has 0 bridgehead atoms. The maximum absolute atomic E-state index is 6.97. The molecule has 0 radical (unpaired) electrons. The first kappa shape index (κ1) is 35.2. The number of ether oxygens (including phenoxy) is 2. The molecule has 290 valence electrons. The van der Waals surface area contributed by atoms with E-state index < -0.39 is 5.41 Å². The molecule has 0 N–H and O–H groups in total. The van der Waals surface area contributed by atoms with Gasteiger partial charge in [0.25, 0.3) is 0 Å². The van der Waals surface area contributed by atoms with Crippen LogP contribution in [0.15, 0.2) is 187 Å². The van der Waals surface area contributed by atoms with Crippen molar-refractivity contribution in [2.45, 2.75) is 50.9 Å². The van der Waals surface area contributed by atoms with Crippen LogP contribution in [0.5, 0.6) is 11.5 Å². The van der Waals surface area contributed by atoms with Crippen molar-refractivity contribution < 1.29 is 9.47 Å². The highest BCUT2D eigenvalue weighted by Crippen LogP contribution is 2.63. The number of aromatic nitrogens is 2. The van der Waals surface area contributed by atoms with Crippen molar-refractivity contribution in [2.75, 3.05) is 0 Å². The van der Waals surface area contributed by atoms with Crippen LogP contribution in [0.3, 0.4) is 0 Å². The second-order valence-electron chi connectivity index (χ2n) is 17.5. The standard InChI is InChI=1S/C56H44N2O2/c1-34-25-26-40-39-18-9-10-20-43(39)56(46(40)29-34)45-22-12-14-24-51(45)59-52-30-35(2)42(32-47(52)56)38-17-7-8-19-41(38)49-33-48(57-54(58-49)36-15-5-4-6-16-36)37-27-28-55(3)44-21-11-13-23-50(44)60-53(55)31-37/h4-27,31-35H,28-30H2,1-3H3. The van der Waals surface area contributed by atoms with Gasteiger partial charge in [0.05, 0.1) is 22.2 Å². The number of hydrogen-bond donors (Lipinski definition) is 0. The fraction of sp³-hybridized carbons (Fsp3) is 0.179. The zero-order valence-corrected chi connectivity index (χ0v) is 34.1. The van der Waals surface area contributed by atoms with Gasteiger partial charge in [0.1, 0.15) is 23.0 Å². The summed E-state index contributed by atoms with van der Waals surface area (Å²) >= 11 is 0. The van der Waals surface area contributed by atoms with E-state index in [4.69, 9.17) is 19.4 Å². The number of para-hydroxylation sites is 2. The van der Waals surface area contributed by atoms with E-state index in [1.807, 2.05) is 12.1 Å². The maximum atomic E-state index is 6.97. The lowest BCUT2D eigenvalue weighted by molar-refractivity contribution is 0.347. The minimum absolute atomic E-state index is 0.196. The van der Waals surface area contributed by atoms with Crippen molar-refractivity contribution in [3.05, 3.63) is 220 Å². The fourth-order valence-corrected chi connectivity index (χ4v) is 10.9. The third-order valence-corrected chi connectivity index (χ3v) is 13.9. The van der Waals surface area contributed by atoms with Gasteiger partial charge in [-0.05, 0) is 101 Å². The van der Waals surface area contributed by atoms with E-state index in [0.717, 1.165) is 70.4 Å². The van der Waals surface area contributed by atoms with Gasteiger partial charge in [-0.1, -0.05) is 147 Å². The summed E-state index contributed by atoms with van der Waals surface area (Å²) in [4.78, 5) is 10.6. The van der Waals surface area contributed by atoms with Crippen molar-refractivity contribution in [2.24, 2.45) is 11.8 Å². The zero-order chi connectivity index (χ0) is 40.2. The SMILES string of the molecule is CC1C=CC2=C(C1)C1(C3=C(CC(C)C(c4ccccc4-c4cc(C5=CCC6(C)C(=C5)Oc5ccccc56)nc(-c5ccccc5)n4)=C3)Oc3ccccc31)c1ccccc12. The third kappa shape index (κ3) is 5.03. The largest absolute Gasteiger partial charge is 0.461 e. The van der Waals surface area contributed by atoms with E-state index in [9.17, 15) is 0 Å². The molecule has 1 spiro atoms. The van der Waals surface area contributed by atoms with Crippen LogP contribution < -0.4 is 9.47 Å². The Morgan fingerprint density at radius 3 is 2.12 bits per heavy atom. The summed E-state index contributed by atoms with van der Waals surface area (Å²) in [6.07, 6.45) is 14.4. The van der Waals surface area contributed by atoms with E-state index in [2.05, 4.69) is 172 Å². The Bertz CT molecular complexity index is 3020. The lowest BCUT2D eigenvalue weighted by Crippen LogP contribution is -2.37. The normalized spacial score (nSPS) is 24.2. The molecule has 0 saturated carbocycles. The molecule has 4 aliphatic carbocycles. The van der Waals surface area contributed by atoms with Gasteiger partial charge in [0.15, 0.2) is 5.82 Å². The van der Waals surface area contributed by atoms with Gasteiger partial charge < -0.3 is 9.47 Å². The molecule has 3 heterocycles. The number of allylic oxidation sites excluding steroid dienone is 12. The van der Waals surface area contributed by atoms with E-state index in [1.54, 1.807) is 0 Å². The molecule has 1 aromatic heterocycles. The van der Waals surface area contributed by atoms with Crippen LogP contribution in [0.4, 0.5) is 0 Å². The highest BCUT2D eigenvalue weighted by molar-refractivity contribution is 5.94. The Morgan fingerprint density at radius 2 is 1.30 bits per heavy atom. The smallest absolute Gasteiger partial charge is 0.160 e. The summed E-state index contributed by atoms with van der Waals surface area (Å²) in [5.74, 6) is 5.28. The lowest BCUT2D eigenvalue weighted by atomic mass is 9.61. The van der Waals surface area contributed by atoms with Gasteiger partial charge in [-0.15, -0.1) is 0 Å². The Kier molecular flexibility index (Phi) is 7.69. The molecule has 12 rings (SSSR count). The highest BCUT2D eigenvalue weighted by atomic mass is 16.5. The molecule has 4 atom stereocenters. The Morgan fingerprint density at radius 1 is 0.633 bits per heavy atom. The third-order valence-electron chi connectivity index (χ3n) is 13.9. The monoisotopic (exact) mass is 776 g/mol. The van der Waals surface area contributed by atoms with Crippen LogP contribution >= 0.6 is 0 Å². The van der Waals surface area contributed by atoms with Crippen LogP contribution in [-0.4, -0.2) is 9.97 Å². The van der Waals surface area contributed by atoms with Gasteiger partial charge in [-0.25, -0.2) is 9.97 Å². The summed E-state index contributed by atoms with van der Waals surface area (Å²) in [5, 5.41) is 0. The molecule has 0 fully saturated rings. The van der Waals surface area contributed by atoms with E-state index >= 15 is 0 Å². The van der Waals surface area contributed by atoms with Crippen molar-refractivity contribution >= 4 is 16.7 Å². The summed E-state index contributed by atoms with van der Waals surface area (Å²) in [5.41, 5.74) is 16.0. The topological polar surface area (TPSA) is 44.2 Å². The van der Waals surface area contributed by atoms with Gasteiger partial charge >= 0.3 is 0 Å². The molecule has 4 heteroatoms. The first-order chi connectivity index (χ1) is 29.4. The first-order valence-electron chi connectivity index (χ1n) is 21.4. The minimum atomic E-state index is -0.449. The van der Waals surface area contributed by atoms with Crippen LogP contribution in [0.25, 0.3) is 39.4 Å². The second kappa shape index (κ2) is 13.1. The lowest BCUT2D eigenvalue weighted by Gasteiger charge is -2.44. The summed E-state index contributed by atoms with van der Waals surface area (Å²) in [7, 11) is 0. The van der Waals surface area contributed by atoms with Gasteiger partial charge in [-0.2, -0.15) is 0 Å². The molecule has 6 aliphatic rings. The molecular formula is C56H44N2O2. The summed E-state index contributed by atoms with van der Waals surface area (Å²) < 4.78 is 13.5. The molecule has 0 saturated heterocycles. The number of fused-ring (bicyclic) bond motifs is 10. The fourth-order valence-electron chi connectivity index (χ4n) is 10.9. The van der Waals surface area contributed by atoms with Crippen LogP contribution in [-0.2, 0) is 10.8 Å². The molecule has 60 heavy (non-hydrogen) atoms. The van der Waals surface area contributed by atoms with Gasteiger partial charge in [0.2, 0.25) is 0 Å². The molecule has 5 aromatic carbocycles. The molecular weight excluding hydrogens is 733 g/mol. The Hall–Kier alpha value is -6.78. The van der Waals surface area contributed by atoms with Crippen LogP contribution in [0.1, 0.15) is 73.5 Å². The Balaban J connectivity index is 1.03. The van der Waals surface area contributed by atoms with E-state index in [1.165, 1.54) is 50.1 Å². The first-order valence-corrected chi connectivity index (χ1v) is 21.4. The van der Waals surface area contributed by atoms with E-state index in [-0.39, 0.29) is 11.3 Å². The van der Waals surface area contributed by atoms with Crippen LogP contribution in [0.2, 0.25) is 0 Å². The predicted octanol–water partition coefficient (Wildman–Crippen LogP) is 13.3. The summed E-state index contributed by atoms with van der Waals surface area (Å²) in [6.45, 7) is 6.97. The van der Waals surface area contributed by atoms with Gasteiger partial charge in [0, 0.05) is 34.2 Å². The molecule has 0 amide bonds. The quantitative estimate of drug-likeness (QED) is 0.179. The van der Waals surface area contributed by atoms with Crippen molar-refractivity contribution in [3.63, 3.8) is 0 Å². The average molecular weight is 777 g/mol. The number of hydrogen-bond acceptors (Lipinski definition) is 4. The summed E-state index contributed by atoms with van der Waals surface area (Å²) in [6, 6.07) is 47.6. The second-order valence-corrected chi connectivity index (χ2v) is 17.5. The minimum Gasteiger partial charge on any atom is -0.461 e.